The van der Waals surface area contributed by atoms with Crippen molar-refractivity contribution in [2.75, 3.05) is 13.7 Å². The second-order valence-electron chi connectivity index (χ2n) is 3.72. The third-order valence-electron chi connectivity index (χ3n) is 2.58. The molecule has 1 aromatic rings. The van der Waals surface area contributed by atoms with E-state index in [2.05, 4.69) is 11.2 Å². The number of terminal acetylenes is 1. The Morgan fingerprint density at radius 2 is 2.12 bits per heavy atom. The van der Waals surface area contributed by atoms with Gasteiger partial charge >= 0.3 is 5.97 Å². The topological polar surface area (TPSA) is 58.6 Å². The fourth-order valence-corrected chi connectivity index (χ4v) is 1.52. The number of aromatic hydroxyl groups is 1. The van der Waals surface area contributed by atoms with Crippen molar-refractivity contribution in [3.63, 3.8) is 0 Å². The summed E-state index contributed by atoms with van der Waals surface area (Å²) in [5.74, 6) is 2.12. The largest absolute Gasteiger partial charge is 0.508 e. The average molecular weight is 233 g/mol. The van der Waals surface area contributed by atoms with Gasteiger partial charge in [0.1, 0.15) is 11.3 Å². The van der Waals surface area contributed by atoms with E-state index < -0.39 is 11.5 Å². The zero-order valence-corrected chi connectivity index (χ0v) is 9.86. The summed E-state index contributed by atoms with van der Waals surface area (Å²) in [6.45, 7) is 1.93. The van der Waals surface area contributed by atoms with Gasteiger partial charge in [-0.1, -0.05) is 18.1 Å². The van der Waals surface area contributed by atoms with Crippen LogP contribution in [0, 0.1) is 12.3 Å². The number of nitrogens with one attached hydrogen (secondary N) is 1. The zero-order valence-electron chi connectivity index (χ0n) is 9.86. The number of rotatable bonds is 4. The first kappa shape index (κ1) is 13.1. The van der Waals surface area contributed by atoms with Gasteiger partial charge in [-0.2, -0.15) is 0 Å². The lowest BCUT2D eigenvalue weighted by Gasteiger charge is -2.27. The number of hydrogen-bond acceptors (Lipinski definition) is 4. The molecule has 90 valence electrons. The zero-order chi connectivity index (χ0) is 12.9. The number of phenols is 1. The van der Waals surface area contributed by atoms with E-state index in [-0.39, 0.29) is 12.3 Å². The summed E-state index contributed by atoms with van der Waals surface area (Å²) in [5.41, 5.74) is -0.341. The molecule has 1 atom stereocenters. The minimum atomic E-state index is -1.02. The molecule has 0 radical (unpaired) electrons. The fraction of sp³-hybridized carbons (Fsp3) is 0.308. The highest BCUT2D eigenvalue weighted by atomic mass is 16.5. The van der Waals surface area contributed by atoms with Crippen LogP contribution in [0.2, 0.25) is 0 Å². The van der Waals surface area contributed by atoms with Crippen LogP contribution in [0.3, 0.4) is 0 Å². The summed E-state index contributed by atoms with van der Waals surface area (Å²) in [6.07, 6.45) is 5.17. The van der Waals surface area contributed by atoms with Gasteiger partial charge in [0.05, 0.1) is 13.7 Å². The van der Waals surface area contributed by atoms with Crippen molar-refractivity contribution in [3.05, 3.63) is 29.8 Å². The summed E-state index contributed by atoms with van der Waals surface area (Å²) >= 11 is 0. The summed E-state index contributed by atoms with van der Waals surface area (Å²) in [4.78, 5) is 11.8. The monoisotopic (exact) mass is 233 g/mol. The molecular formula is C13H15NO3. The number of methoxy groups -OCH3 is 1. The predicted octanol–water partition coefficient (Wildman–Crippen LogP) is 1.00. The van der Waals surface area contributed by atoms with E-state index in [1.54, 1.807) is 19.1 Å². The van der Waals surface area contributed by atoms with E-state index in [4.69, 9.17) is 11.2 Å². The molecule has 0 aliphatic heterocycles. The summed E-state index contributed by atoms with van der Waals surface area (Å²) in [7, 11) is 1.32. The van der Waals surface area contributed by atoms with Crippen molar-refractivity contribution < 1.29 is 14.6 Å². The summed E-state index contributed by atoms with van der Waals surface area (Å²) in [6, 6.07) is 6.31. The van der Waals surface area contributed by atoms with Crippen molar-refractivity contribution in [1.29, 1.82) is 0 Å². The SMILES string of the molecule is C#CCNC(C)(C(=O)OC)c1ccc(O)cc1. The molecule has 0 heterocycles. The average Bonchev–Trinajstić information content (AvgIpc) is 2.35. The maximum Gasteiger partial charge on any atom is 0.330 e. The van der Waals surface area contributed by atoms with Crippen molar-refractivity contribution in [3.8, 4) is 18.1 Å². The number of phenolic OH excluding ortho intramolecular Hbond substituents is 1. The maximum absolute atomic E-state index is 11.8. The Balaban J connectivity index is 3.10. The lowest BCUT2D eigenvalue weighted by atomic mass is 9.92. The number of carbonyl (C=O) groups excluding carboxylic acids is 1. The van der Waals surface area contributed by atoms with Crippen molar-refractivity contribution in [1.82, 2.24) is 5.32 Å². The molecule has 0 saturated heterocycles. The van der Waals surface area contributed by atoms with Crippen molar-refractivity contribution in [2.24, 2.45) is 0 Å². The van der Waals surface area contributed by atoms with Crippen LogP contribution in [0.4, 0.5) is 0 Å². The molecule has 0 spiro atoms. The van der Waals surface area contributed by atoms with Crippen LogP contribution in [0.25, 0.3) is 0 Å². The van der Waals surface area contributed by atoms with E-state index >= 15 is 0 Å². The Kier molecular flexibility index (Phi) is 4.13. The van der Waals surface area contributed by atoms with Crippen LogP contribution in [0.5, 0.6) is 5.75 Å². The maximum atomic E-state index is 11.8. The lowest BCUT2D eigenvalue weighted by molar-refractivity contribution is -0.148. The van der Waals surface area contributed by atoms with Gasteiger partial charge in [-0.05, 0) is 24.6 Å². The van der Waals surface area contributed by atoms with Crippen molar-refractivity contribution in [2.45, 2.75) is 12.5 Å². The van der Waals surface area contributed by atoms with Gasteiger partial charge in [-0.3, -0.25) is 5.32 Å². The molecule has 0 amide bonds. The highest BCUT2D eigenvalue weighted by Crippen LogP contribution is 2.24. The van der Waals surface area contributed by atoms with Crippen LogP contribution >= 0.6 is 0 Å². The molecular weight excluding hydrogens is 218 g/mol. The second kappa shape index (κ2) is 5.37. The number of carbonyl (C=O) groups is 1. The van der Waals surface area contributed by atoms with Crippen LogP contribution in [-0.4, -0.2) is 24.7 Å². The molecule has 0 aliphatic rings. The Hall–Kier alpha value is -1.99. The van der Waals surface area contributed by atoms with Crippen LogP contribution in [0.1, 0.15) is 12.5 Å². The Bertz CT molecular complexity index is 433. The summed E-state index contributed by atoms with van der Waals surface area (Å²) in [5, 5.41) is 12.2. The number of benzene rings is 1. The van der Waals surface area contributed by atoms with Gasteiger partial charge in [-0.15, -0.1) is 6.42 Å². The smallest absolute Gasteiger partial charge is 0.330 e. The molecule has 4 heteroatoms. The standard InChI is InChI=1S/C13H15NO3/c1-4-9-14-13(2,12(16)17-3)10-5-7-11(15)8-6-10/h1,5-8,14-15H,9H2,2-3H3. The Labute approximate surface area is 101 Å². The van der Waals surface area contributed by atoms with Gasteiger partial charge < -0.3 is 9.84 Å². The van der Waals surface area contributed by atoms with E-state index in [9.17, 15) is 9.90 Å². The molecule has 1 rings (SSSR count). The molecule has 0 fully saturated rings. The van der Waals surface area contributed by atoms with E-state index in [0.29, 0.717) is 5.56 Å². The molecule has 17 heavy (non-hydrogen) atoms. The van der Waals surface area contributed by atoms with Crippen LogP contribution in [0.15, 0.2) is 24.3 Å². The minimum Gasteiger partial charge on any atom is -0.508 e. The third kappa shape index (κ3) is 2.77. The van der Waals surface area contributed by atoms with Crippen LogP contribution in [-0.2, 0) is 15.1 Å². The molecule has 2 N–H and O–H groups in total. The molecule has 1 unspecified atom stereocenters. The third-order valence-corrected chi connectivity index (χ3v) is 2.58. The molecule has 0 bridgehead atoms. The molecule has 0 aromatic heterocycles. The number of hydrogen-bond donors (Lipinski definition) is 2. The van der Waals surface area contributed by atoms with E-state index in [1.165, 1.54) is 19.2 Å². The molecule has 0 aliphatic carbocycles. The Morgan fingerprint density at radius 1 is 1.53 bits per heavy atom. The van der Waals surface area contributed by atoms with Gasteiger partial charge in [-0.25, -0.2) is 4.79 Å². The van der Waals surface area contributed by atoms with Gasteiger partial charge in [0.15, 0.2) is 0 Å². The lowest BCUT2D eigenvalue weighted by Crippen LogP contribution is -2.47. The van der Waals surface area contributed by atoms with E-state index in [0.717, 1.165) is 0 Å². The molecule has 4 nitrogen and oxygen atoms in total. The van der Waals surface area contributed by atoms with Gasteiger partial charge in [0.25, 0.3) is 0 Å². The quantitative estimate of drug-likeness (QED) is 0.602. The molecule has 0 saturated carbocycles. The number of ether oxygens (including phenoxy) is 1. The fourth-order valence-electron chi connectivity index (χ4n) is 1.52. The van der Waals surface area contributed by atoms with E-state index in [1.807, 2.05) is 0 Å². The minimum absolute atomic E-state index is 0.137. The van der Waals surface area contributed by atoms with Crippen molar-refractivity contribution >= 4 is 5.97 Å². The molecule has 1 aromatic carbocycles. The Morgan fingerprint density at radius 3 is 2.59 bits per heavy atom. The number of esters is 1. The highest BCUT2D eigenvalue weighted by Gasteiger charge is 2.35. The predicted molar refractivity (Wildman–Crippen MR) is 64.3 cm³/mol. The first-order chi connectivity index (χ1) is 8.04. The highest BCUT2D eigenvalue weighted by molar-refractivity contribution is 5.82. The first-order valence-corrected chi connectivity index (χ1v) is 5.11. The van der Waals surface area contributed by atoms with Gasteiger partial charge in [0, 0.05) is 0 Å². The summed E-state index contributed by atoms with van der Waals surface area (Å²) < 4.78 is 4.76. The van der Waals surface area contributed by atoms with Crippen LogP contribution < -0.4 is 5.32 Å². The second-order valence-corrected chi connectivity index (χ2v) is 3.72. The van der Waals surface area contributed by atoms with Gasteiger partial charge in [0.2, 0.25) is 0 Å². The first-order valence-electron chi connectivity index (χ1n) is 5.11. The normalized spacial score (nSPS) is 13.5.